The van der Waals surface area contributed by atoms with Gasteiger partial charge in [0.1, 0.15) is 0 Å². The highest BCUT2D eigenvalue weighted by molar-refractivity contribution is 5.78. The third kappa shape index (κ3) is 5.80. The SMILES string of the molecule is CNc1nc(OC(C)C)nc(N(CC(N)=O)CC(C)C)n1. The molecule has 1 heterocycles. The molecule has 8 heteroatoms. The molecule has 0 unspecified atom stereocenters. The minimum atomic E-state index is -0.437. The van der Waals surface area contributed by atoms with Crippen molar-refractivity contribution in [3.63, 3.8) is 0 Å². The van der Waals surface area contributed by atoms with Gasteiger partial charge in [-0.25, -0.2) is 0 Å². The fourth-order valence-corrected chi connectivity index (χ4v) is 1.71. The molecule has 1 amide bonds. The Hall–Kier alpha value is -2.12. The minimum Gasteiger partial charge on any atom is -0.461 e. The molecule has 21 heavy (non-hydrogen) atoms. The molecule has 0 aliphatic heterocycles. The van der Waals surface area contributed by atoms with Crippen molar-refractivity contribution < 1.29 is 9.53 Å². The highest BCUT2D eigenvalue weighted by atomic mass is 16.5. The first-order valence-corrected chi connectivity index (χ1v) is 6.95. The number of hydrogen-bond donors (Lipinski definition) is 2. The lowest BCUT2D eigenvalue weighted by molar-refractivity contribution is -0.116. The monoisotopic (exact) mass is 296 g/mol. The predicted octanol–water partition coefficient (Wildman–Crippen LogP) is 0.648. The van der Waals surface area contributed by atoms with Crippen LogP contribution in [-0.4, -0.2) is 47.1 Å². The average molecular weight is 296 g/mol. The van der Waals surface area contributed by atoms with Gasteiger partial charge in [0.05, 0.1) is 12.6 Å². The Kier molecular flexibility index (Phi) is 6.13. The highest BCUT2D eigenvalue weighted by Crippen LogP contribution is 2.16. The van der Waals surface area contributed by atoms with Gasteiger partial charge in [-0.2, -0.15) is 15.0 Å². The van der Waals surface area contributed by atoms with Gasteiger partial charge in [-0.3, -0.25) is 4.79 Å². The van der Waals surface area contributed by atoms with Crippen molar-refractivity contribution >= 4 is 17.8 Å². The van der Waals surface area contributed by atoms with E-state index in [1.807, 2.05) is 27.7 Å². The second-order valence-corrected chi connectivity index (χ2v) is 5.40. The number of anilines is 2. The summed E-state index contributed by atoms with van der Waals surface area (Å²) < 4.78 is 5.51. The topological polar surface area (TPSA) is 106 Å². The third-order valence-corrected chi connectivity index (χ3v) is 2.38. The Morgan fingerprint density at radius 1 is 1.29 bits per heavy atom. The number of carbonyl (C=O) groups is 1. The van der Waals surface area contributed by atoms with Crippen LogP contribution in [0.3, 0.4) is 0 Å². The summed E-state index contributed by atoms with van der Waals surface area (Å²) in [5.41, 5.74) is 5.30. The van der Waals surface area contributed by atoms with Crippen LogP contribution < -0.4 is 20.7 Å². The molecule has 0 radical (unpaired) electrons. The van der Waals surface area contributed by atoms with Gasteiger partial charge in [-0.1, -0.05) is 13.8 Å². The Bertz CT molecular complexity index is 478. The lowest BCUT2D eigenvalue weighted by atomic mass is 10.2. The van der Waals surface area contributed by atoms with Crippen LogP contribution in [0.5, 0.6) is 6.01 Å². The van der Waals surface area contributed by atoms with Gasteiger partial charge in [-0.15, -0.1) is 0 Å². The molecule has 3 N–H and O–H groups in total. The van der Waals surface area contributed by atoms with E-state index in [4.69, 9.17) is 10.5 Å². The number of primary amides is 1. The maximum atomic E-state index is 11.2. The van der Waals surface area contributed by atoms with E-state index in [-0.39, 0.29) is 18.7 Å². The van der Waals surface area contributed by atoms with Crippen LogP contribution in [0.2, 0.25) is 0 Å². The second-order valence-electron chi connectivity index (χ2n) is 5.40. The van der Waals surface area contributed by atoms with E-state index >= 15 is 0 Å². The van der Waals surface area contributed by atoms with E-state index < -0.39 is 5.91 Å². The highest BCUT2D eigenvalue weighted by Gasteiger charge is 2.17. The zero-order valence-electron chi connectivity index (χ0n) is 13.3. The number of amides is 1. The van der Waals surface area contributed by atoms with Gasteiger partial charge < -0.3 is 20.7 Å². The van der Waals surface area contributed by atoms with Crippen molar-refractivity contribution in [3.8, 4) is 6.01 Å². The van der Waals surface area contributed by atoms with Crippen LogP contribution in [0, 0.1) is 5.92 Å². The molecule has 0 aliphatic carbocycles. The first-order chi connectivity index (χ1) is 9.81. The molecule has 0 atom stereocenters. The van der Waals surface area contributed by atoms with Crippen LogP contribution in [0.15, 0.2) is 0 Å². The fraction of sp³-hybridized carbons (Fsp3) is 0.692. The largest absolute Gasteiger partial charge is 0.461 e. The van der Waals surface area contributed by atoms with Crippen molar-refractivity contribution in [2.45, 2.75) is 33.8 Å². The average Bonchev–Trinajstić information content (AvgIpc) is 2.35. The first kappa shape index (κ1) is 16.9. The van der Waals surface area contributed by atoms with E-state index in [9.17, 15) is 4.79 Å². The quantitative estimate of drug-likeness (QED) is 0.725. The number of hydrogen-bond acceptors (Lipinski definition) is 7. The number of nitrogens with zero attached hydrogens (tertiary/aromatic N) is 4. The van der Waals surface area contributed by atoms with Crippen LogP contribution in [-0.2, 0) is 4.79 Å². The maximum absolute atomic E-state index is 11.2. The van der Waals surface area contributed by atoms with Gasteiger partial charge in [0, 0.05) is 13.6 Å². The van der Waals surface area contributed by atoms with Gasteiger partial charge in [-0.05, 0) is 19.8 Å². The second kappa shape index (κ2) is 7.61. The summed E-state index contributed by atoms with van der Waals surface area (Å²) in [5.74, 6) is 0.647. The van der Waals surface area contributed by atoms with Crippen LogP contribution in [0.1, 0.15) is 27.7 Å². The minimum absolute atomic E-state index is 0.0481. The first-order valence-electron chi connectivity index (χ1n) is 6.95. The lowest BCUT2D eigenvalue weighted by Crippen LogP contribution is -2.37. The summed E-state index contributed by atoms with van der Waals surface area (Å²) in [5, 5.41) is 2.86. The van der Waals surface area contributed by atoms with Crippen LogP contribution >= 0.6 is 0 Å². The molecule has 1 aromatic rings. The number of carbonyl (C=O) groups excluding carboxylic acids is 1. The number of nitrogens with one attached hydrogen (secondary N) is 1. The normalized spacial score (nSPS) is 10.8. The molecule has 0 aromatic carbocycles. The molecule has 0 saturated carbocycles. The molecule has 0 aliphatic rings. The lowest BCUT2D eigenvalue weighted by Gasteiger charge is -2.23. The van der Waals surface area contributed by atoms with Crippen molar-refractivity contribution in [1.82, 2.24) is 15.0 Å². The van der Waals surface area contributed by atoms with E-state index in [2.05, 4.69) is 20.3 Å². The summed E-state index contributed by atoms with van der Waals surface area (Å²) in [6, 6.07) is 0.220. The predicted molar refractivity (Wildman–Crippen MR) is 81.4 cm³/mol. The Balaban J connectivity index is 3.12. The summed E-state index contributed by atoms with van der Waals surface area (Å²) in [6.45, 7) is 8.51. The van der Waals surface area contributed by atoms with Crippen molar-refractivity contribution in [1.29, 1.82) is 0 Å². The van der Waals surface area contributed by atoms with Crippen LogP contribution in [0.25, 0.3) is 0 Å². The van der Waals surface area contributed by atoms with Crippen LogP contribution in [0.4, 0.5) is 11.9 Å². The van der Waals surface area contributed by atoms with Gasteiger partial charge in [0.25, 0.3) is 0 Å². The molecular formula is C13H24N6O2. The summed E-state index contributed by atoms with van der Waals surface area (Å²) >= 11 is 0. The zero-order valence-corrected chi connectivity index (χ0v) is 13.3. The Morgan fingerprint density at radius 3 is 2.43 bits per heavy atom. The number of ether oxygens (including phenoxy) is 1. The van der Waals surface area contributed by atoms with Gasteiger partial charge in [0.2, 0.25) is 17.8 Å². The van der Waals surface area contributed by atoms with Crippen molar-refractivity contribution in [2.24, 2.45) is 11.7 Å². The van der Waals surface area contributed by atoms with Gasteiger partial charge in [0.15, 0.2) is 0 Å². The summed E-state index contributed by atoms with van der Waals surface area (Å²) in [7, 11) is 1.71. The molecule has 118 valence electrons. The molecule has 8 nitrogen and oxygen atoms in total. The molecule has 1 aromatic heterocycles. The molecular weight excluding hydrogens is 272 g/mol. The molecule has 0 spiro atoms. The van der Waals surface area contributed by atoms with Gasteiger partial charge >= 0.3 is 6.01 Å². The van der Waals surface area contributed by atoms with Crippen molar-refractivity contribution in [2.75, 3.05) is 30.4 Å². The Labute approximate surface area is 125 Å². The molecule has 0 fully saturated rings. The van der Waals surface area contributed by atoms with E-state index in [1.54, 1.807) is 11.9 Å². The third-order valence-electron chi connectivity index (χ3n) is 2.38. The summed E-state index contributed by atoms with van der Waals surface area (Å²) in [6.07, 6.45) is -0.0559. The van der Waals surface area contributed by atoms with E-state index in [0.717, 1.165) is 0 Å². The molecule has 0 bridgehead atoms. The fourth-order valence-electron chi connectivity index (χ4n) is 1.71. The smallest absolute Gasteiger partial charge is 0.323 e. The van der Waals surface area contributed by atoms with E-state index in [1.165, 1.54) is 0 Å². The standard InChI is InChI=1S/C13H24N6O2/c1-8(2)6-19(7-10(14)20)12-16-11(15-5)17-13(18-12)21-9(3)4/h8-9H,6-7H2,1-5H3,(H2,14,20)(H,15,16,17,18). The number of rotatable bonds is 8. The molecule has 1 rings (SSSR count). The Morgan fingerprint density at radius 2 is 1.95 bits per heavy atom. The number of nitrogens with two attached hydrogens (primary N) is 1. The van der Waals surface area contributed by atoms with Crippen molar-refractivity contribution in [3.05, 3.63) is 0 Å². The zero-order chi connectivity index (χ0) is 16.0. The summed E-state index contributed by atoms with van der Waals surface area (Å²) in [4.78, 5) is 25.6. The maximum Gasteiger partial charge on any atom is 0.323 e. The molecule has 0 saturated heterocycles. The van der Waals surface area contributed by atoms with E-state index in [0.29, 0.717) is 24.4 Å². The number of aromatic nitrogens is 3.